The highest BCUT2D eigenvalue weighted by Gasteiger charge is 2.11. The largest absolute Gasteiger partial charge is 0.383 e. The molecule has 0 bridgehead atoms. The third kappa shape index (κ3) is 3.42. The second kappa shape index (κ2) is 6.60. The van der Waals surface area contributed by atoms with Crippen molar-refractivity contribution >= 4 is 11.5 Å². The number of benzene rings is 1. The molecule has 0 unspecified atom stereocenters. The van der Waals surface area contributed by atoms with Crippen LogP contribution in [0.2, 0.25) is 0 Å². The minimum Gasteiger partial charge on any atom is -0.383 e. The molecular formula is C15H18N4O2. The number of hydrogen-bond donors (Lipinski definition) is 3. The number of nitrogens with one attached hydrogen (secondary N) is 2. The molecule has 0 fully saturated rings. The zero-order chi connectivity index (χ0) is 15.2. The summed E-state index contributed by atoms with van der Waals surface area (Å²) in [4.78, 5) is 26.0. The maximum atomic E-state index is 11.9. The molecule has 2 rings (SSSR count). The van der Waals surface area contributed by atoms with Gasteiger partial charge in [0, 0.05) is 6.54 Å². The summed E-state index contributed by atoms with van der Waals surface area (Å²) in [5.41, 5.74) is 6.08. The molecule has 1 heterocycles. The van der Waals surface area contributed by atoms with E-state index in [-0.39, 0.29) is 11.5 Å². The lowest BCUT2D eigenvalue weighted by molar-refractivity contribution is 0.733. The van der Waals surface area contributed by atoms with E-state index in [0.717, 1.165) is 5.56 Å². The number of nitrogens with zero attached hydrogens (tertiary/aromatic N) is 1. The van der Waals surface area contributed by atoms with Crippen LogP contribution in [0.1, 0.15) is 12.0 Å². The van der Waals surface area contributed by atoms with Gasteiger partial charge in [0.05, 0.1) is 6.54 Å². The first-order valence-electron chi connectivity index (χ1n) is 6.64. The maximum Gasteiger partial charge on any atom is 0.330 e. The maximum absolute atomic E-state index is 11.9. The van der Waals surface area contributed by atoms with E-state index < -0.39 is 11.2 Å². The summed E-state index contributed by atoms with van der Waals surface area (Å²) in [5.74, 6) is 0.136. The number of aromatic amines is 1. The molecule has 1 aromatic heterocycles. The van der Waals surface area contributed by atoms with Crippen LogP contribution in [0.15, 0.2) is 52.6 Å². The van der Waals surface area contributed by atoms with E-state index in [1.807, 2.05) is 30.3 Å². The van der Waals surface area contributed by atoms with Gasteiger partial charge in [0.2, 0.25) is 0 Å². The number of aromatic nitrogens is 2. The number of nitrogen functional groups attached to an aromatic ring is 1. The van der Waals surface area contributed by atoms with Gasteiger partial charge in [-0.25, -0.2) is 4.79 Å². The van der Waals surface area contributed by atoms with Crippen LogP contribution >= 0.6 is 0 Å². The van der Waals surface area contributed by atoms with Crippen LogP contribution < -0.4 is 22.3 Å². The molecule has 0 amide bonds. The van der Waals surface area contributed by atoms with Crippen LogP contribution in [0, 0.1) is 0 Å². The lowest BCUT2D eigenvalue weighted by Gasteiger charge is -2.13. The van der Waals surface area contributed by atoms with Crippen molar-refractivity contribution in [3.8, 4) is 0 Å². The fourth-order valence-corrected chi connectivity index (χ4v) is 1.98. The Hall–Kier alpha value is -2.76. The molecule has 0 aliphatic heterocycles. The zero-order valence-electron chi connectivity index (χ0n) is 11.6. The molecule has 1 aromatic carbocycles. The van der Waals surface area contributed by atoms with Gasteiger partial charge < -0.3 is 11.1 Å². The highest BCUT2D eigenvalue weighted by molar-refractivity contribution is 5.60. The summed E-state index contributed by atoms with van der Waals surface area (Å²) >= 11 is 0. The van der Waals surface area contributed by atoms with Crippen molar-refractivity contribution in [3.63, 3.8) is 0 Å². The smallest absolute Gasteiger partial charge is 0.330 e. The van der Waals surface area contributed by atoms with Crippen LogP contribution in [0.3, 0.4) is 0 Å². The third-order valence-corrected chi connectivity index (χ3v) is 3.07. The van der Waals surface area contributed by atoms with E-state index in [1.165, 1.54) is 4.57 Å². The minimum atomic E-state index is -0.518. The van der Waals surface area contributed by atoms with Crippen molar-refractivity contribution in [2.24, 2.45) is 0 Å². The van der Waals surface area contributed by atoms with Gasteiger partial charge in [0.25, 0.3) is 5.56 Å². The Labute approximate surface area is 121 Å². The topological polar surface area (TPSA) is 92.9 Å². The fourth-order valence-electron chi connectivity index (χ4n) is 1.98. The first-order valence-corrected chi connectivity index (χ1v) is 6.64. The van der Waals surface area contributed by atoms with E-state index in [0.29, 0.717) is 19.5 Å². The highest BCUT2D eigenvalue weighted by Crippen LogP contribution is 2.12. The molecule has 6 nitrogen and oxygen atoms in total. The van der Waals surface area contributed by atoms with E-state index in [4.69, 9.17) is 5.73 Å². The molecule has 2 aromatic rings. The van der Waals surface area contributed by atoms with Gasteiger partial charge in [-0.15, -0.1) is 6.58 Å². The molecule has 21 heavy (non-hydrogen) atoms. The monoisotopic (exact) mass is 286 g/mol. The second-order valence-electron chi connectivity index (χ2n) is 4.60. The van der Waals surface area contributed by atoms with E-state index in [1.54, 1.807) is 6.08 Å². The van der Waals surface area contributed by atoms with Gasteiger partial charge in [-0.1, -0.05) is 36.4 Å². The van der Waals surface area contributed by atoms with Crippen molar-refractivity contribution in [2.45, 2.75) is 13.0 Å². The highest BCUT2D eigenvalue weighted by atomic mass is 16.2. The van der Waals surface area contributed by atoms with Crippen LogP contribution in [-0.4, -0.2) is 16.1 Å². The van der Waals surface area contributed by atoms with Crippen molar-refractivity contribution in [2.75, 3.05) is 17.6 Å². The van der Waals surface area contributed by atoms with Gasteiger partial charge in [-0.05, 0) is 12.0 Å². The number of H-pyrrole nitrogens is 1. The van der Waals surface area contributed by atoms with Crippen molar-refractivity contribution in [3.05, 3.63) is 69.4 Å². The predicted molar refractivity (Wildman–Crippen MR) is 84.6 cm³/mol. The summed E-state index contributed by atoms with van der Waals surface area (Å²) in [6.07, 6.45) is 2.42. The Kier molecular flexibility index (Phi) is 4.61. The average Bonchev–Trinajstić information content (AvgIpc) is 2.48. The Morgan fingerprint density at radius 3 is 2.67 bits per heavy atom. The molecule has 0 saturated heterocycles. The summed E-state index contributed by atoms with van der Waals surface area (Å²) in [6.45, 7) is 4.44. The SMILES string of the molecule is C=CCCNc1c(N)n(Cc2ccccc2)c(=O)[nH]c1=O. The molecule has 0 saturated carbocycles. The van der Waals surface area contributed by atoms with E-state index in [9.17, 15) is 9.59 Å². The third-order valence-electron chi connectivity index (χ3n) is 3.07. The van der Waals surface area contributed by atoms with Gasteiger partial charge >= 0.3 is 5.69 Å². The quantitative estimate of drug-likeness (QED) is 0.548. The summed E-state index contributed by atoms with van der Waals surface area (Å²) in [6, 6.07) is 9.44. The normalized spacial score (nSPS) is 10.3. The Morgan fingerprint density at radius 2 is 2.00 bits per heavy atom. The first kappa shape index (κ1) is 14.6. The van der Waals surface area contributed by atoms with Crippen molar-refractivity contribution in [1.82, 2.24) is 9.55 Å². The van der Waals surface area contributed by atoms with Gasteiger partial charge in [-0.3, -0.25) is 14.3 Å². The molecule has 0 radical (unpaired) electrons. The van der Waals surface area contributed by atoms with Crippen LogP contribution in [0.5, 0.6) is 0 Å². The number of hydrogen-bond acceptors (Lipinski definition) is 4. The number of rotatable bonds is 6. The fraction of sp³-hybridized carbons (Fsp3) is 0.200. The molecule has 0 spiro atoms. The van der Waals surface area contributed by atoms with Gasteiger partial charge in [-0.2, -0.15) is 0 Å². The Balaban J connectivity index is 2.37. The van der Waals surface area contributed by atoms with Crippen molar-refractivity contribution in [1.29, 1.82) is 0 Å². The summed E-state index contributed by atoms with van der Waals surface area (Å²) in [5, 5.41) is 2.94. The summed E-state index contributed by atoms with van der Waals surface area (Å²) < 4.78 is 1.34. The van der Waals surface area contributed by atoms with E-state index in [2.05, 4.69) is 16.9 Å². The zero-order valence-corrected chi connectivity index (χ0v) is 11.6. The van der Waals surface area contributed by atoms with Gasteiger partial charge in [0.15, 0.2) is 0 Å². The van der Waals surface area contributed by atoms with Crippen LogP contribution in [0.4, 0.5) is 11.5 Å². The van der Waals surface area contributed by atoms with E-state index >= 15 is 0 Å². The molecule has 110 valence electrons. The average molecular weight is 286 g/mol. The summed E-state index contributed by atoms with van der Waals surface area (Å²) in [7, 11) is 0. The molecule has 4 N–H and O–H groups in total. The lowest BCUT2D eigenvalue weighted by Crippen LogP contribution is -2.34. The van der Waals surface area contributed by atoms with Crippen molar-refractivity contribution < 1.29 is 0 Å². The Morgan fingerprint density at radius 1 is 1.29 bits per heavy atom. The van der Waals surface area contributed by atoms with Gasteiger partial charge in [0.1, 0.15) is 11.5 Å². The molecule has 0 aliphatic carbocycles. The number of nitrogens with two attached hydrogens (primary N) is 1. The second-order valence-corrected chi connectivity index (χ2v) is 4.60. The predicted octanol–water partition coefficient (Wildman–Crippen LogP) is 1.16. The minimum absolute atomic E-state index is 0.136. The molecule has 6 heteroatoms. The standard InChI is InChI=1S/C15H18N4O2/c1-2-3-9-17-12-13(16)19(15(21)18-14(12)20)10-11-7-5-4-6-8-11/h2,4-8,17H,1,3,9-10,16H2,(H,18,20,21). The molecular weight excluding hydrogens is 268 g/mol. The Bertz CT molecular complexity index is 732. The molecule has 0 aliphatic rings. The first-order chi connectivity index (χ1) is 10.1. The van der Waals surface area contributed by atoms with Crippen LogP contribution in [0.25, 0.3) is 0 Å². The lowest BCUT2D eigenvalue weighted by atomic mass is 10.2. The molecule has 0 atom stereocenters. The number of anilines is 2. The van der Waals surface area contributed by atoms with Crippen LogP contribution in [-0.2, 0) is 6.54 Å².